The van der Waals surface area contributed by atoms with Gasteiger partial charge in [0.25, 0.3) is 0 Å². The predicted octanol–water partition coefficient (Wildman–Crippen LogP) is 2.38. The van der Waals surface area contributed by atoms with E-state index >= 15 is 0 Å². The highest BCUT2D eigenvalue weighted by molar-refractivity contribution is 5.74. The fraction of sp³-hybridized carbons (Fsp3) is 0.294. The van der Waals surface area contributed by atoms with E-state index < -0.39 is 4.92 Å². The molecule has 10 nitrogen and oxygen atoms in total. The highest BCUT2D eigenvalue weighted by Crippen LogP contribution is 2.20. The van der Waals surface area contributed by atoms with E-state index in [0.717, 1.165) is 16.8 Å². The van der Waals surface area contributed by atoms with Crippen molar-refractivity contribution >= 4 is 12.0 Å². The lowest BCUT2D eigenvalue weighted by molar-refractivity contribution is -0.391. The summed E-state index contributed by atoms with van der Waals surface area (Å²) in [6.07, 6.45) is 4.26. The number of aromatic nitrogens is 5. The summed E-state index contributed by atoms with van der Waals surface area (Å²) in [5.41, 5.74) is 5.01. The van der Waals surface area contributed by atoms with Crippen molar-refractivity contribution in [3.63, 3.8) is 0 Å². The Morgan fingerprint density at radius 1 is 1.30 bits per heavy atom. The number of nitrogens with zero attached hydrogens (tertiary/aromatic N) is 7. The molecule has 0 saturated heterocycles. The molecule has 0 fully saturated rings. The van der Waals surface area contributed by atoms with Gasteiger partial charge in [0.1, 0.15) is 18.1 Å². The normalized spacial score (nSPS) is 11.3. The zero-order valence-corrected chi connectivity index (χ0v) is 15.4. The largest absolute Gasteiger partial charge is 0.389 e. The summed E-state index contributed by atoms with van der Waals surface area (Å²) < 4.78 is 3.03. The van der Waals surface area contributed by atoms with Crippen LogP contribution in [-0.4, -0.2) is 35.7 Å². The molecule has 0 aliphatic heterocycles. The fourth-order valence-corrected chi connectivity index (χ4v) is 2.90. The molecule has 0 amide bonds. The summed E-state index contributed by atoms with van der Waals surface area (Å²) in [5.74, 6) is 0.194. The summed E-state index contributed by atoms with van der Waals surface area (Å²) in [6, 6.07) is 4.19. The van der Waals surface area contributed by atoms with Gasteiger partial charge in [-0.15, -0.1) is 5.10 Å². The second-order valence-corrected chi connectivity index (χ2v) is 6.20. The van der Waals surface area contributed by atoms with Gasteiger partial charge in [0.05, 0.1) is 18.9 Å². The van der Waals surface area contributed by atoms with Gasteiger partial charge in [-0.25, -0.2) is 14.2 Å². The van der Waals surface area contributed by atoms with Gasteiger partial charge in [-0.05, 0) is 36.8 Å². The zero-order chi connectivity index (χ0) is 19.6. The number of oxime groups is 1. The summed E-state index contributed by atoms with van der Waals surface area (Å²) in [6.45, 7) is 6.23. The molecule has 0 spiro atoms. The van der Waals surface area contributed by atoms with E-state index in [2.05, 4.69) is 39.5 Å². The number of hydrogen-bond donors (Lipinski definition) is 0. The third-order valence-corrected chi connectivity index (χ3v) is 4.05. The maximum absolute atomic E-state index is 10.8. The zero-order valence-electron chi connectivity index (χ0n) is 15.4. The summed E-state index contributed by atoms with van der Waals surface area (Å²) in [4.78, 5) is 19.4. The number of hydrogen-bond acceptors (Lipinski definition) is 7. The van der Waals surface area contributed by atoms with Crippen LogP contribution in [0.3, 0.4) is 0 Å². The van der Waals surface area contributed by atoms with Crippen molar-refractivity contribution in [1.29, 1.82) is 0 Å². The first-order chi connectivity index (χ1) is 12.9. The van der Waals surface area contributed by atoms with Crippen molar-refractivity contribution in [1.82, 2.24) is 24.5 Å². The summed E-state index contributed by atoms with van der Waals surface area (Å²) >= 11 is 0. The van der Waals surface area contributed by atoms with Gasteiger partial charge in [0, 0.05) is 0 Å². The maximum Gasteiger partial charge on any atom is 0.342 e. The topological polar surface area (TPSA) is 113 Å². The number of aryl methyl sites for hydroxylation is 3. The SMILES string of the molecule is Cc1cc(C)c(-n2cc(CO/N=C/c3ncc([N+](=O)[O-])n3C)nn2)c(C)c1. The monoisotopic (exact) mass is 369 g/mol. The summed E-state index contributed by atoms with van der Waals surface area (Å²) in [5, 5.41) is 22.8. The van der Waals surface area contributed by atoms with E-state index in [1.54, 1.807) is 10.9 Å². The Hall–Kier alpha value is -3.56. The highest BCUT2D eigenvalue weighted by atomic mass is 16.6. The number of rotatable bonds is 6. The molecule has 140 valence electrons. The third-order valence-electron chi connectivity index (χ3n) is 4.05. The Labute approximate surface area is 155 Å². The summed E-state index contributed by atoms with van der Waals surface area (Å²) in [7, 11) is 1.53. The molecule has 2 heterocycles. The average Bonchev–Trinajstić information content (AvgIpc) is 3.18. The smallest absolute Gasteiger partial charge is 0.342 e. The van der Waals surface area contributed by atoms with Crippen molar-refractivity contribution in [2.75, 3.05) is 0 Å². The lowest BCUT2D eigenvalue weighted by Crippen LogP contribution is -2.01. The van der Waals surface area contributed by atoms with Crippen LogP contribution in [0.2, 0.25) is 0 Å². The van der Waals surface area contributed by atoms with Crippen molar-refractivity contribution in [3.8, 4) is 5.69 Å². The van der Waals surface area contributed by atoms with Crippen molar-refractivity contribution < 1.29 is 9.76 Å². The molecule has 3 rings (SSSR count). The van der Waals surface area contributed by atoms with Crippen molar-refractivity contribution in [2.45, 2.75) is 27.4 Å². The van der Waals surface area contributed by atoms with E-state index in [1.165, 1.54) is 29.6 Å². The van der Waals surface area contributed by atoms with Gasteiger partial charge in [-0.3, -0.25) is 0 Å². The maximum atomic E-state index is 10.8. The van der Waals surface area contributed by atoms with Crippen LogP contribution < -0.4 is 0 Å². The Bertz CT molecular complexity index is 996. The van der Waals surface area contributed by atoms with Crippen LogP contribution in [0.1, 0.15) is 28.2 Å². The molecule has 1 aromatic carbocycles. The molecule has 0 unspecified atom stereocenters. The molecule has 0 N–H and O–H groups in total. The van der Waals surface area contributed by atoms with Gasteiger partial charge >= 0.3 is 5.82 Å². The fourth-order valence-electron chi connectivity index (χ4n) is 2.90. The molecule has 0 saturated carbocycles. The first-order valence-electron chi connectivity index (χ1n) is 8.17. The van der Waals surface area contributed by atoms with E-state index in [-0.39, 0.29) is 12.4 Å². The molecule has 0 aliphatic rings. The number of benzene rings is 1. The van der Waals surface area contributed by atoms with Crippen molar-refractivity contribution in [3.05, 3.63) is 62.8 Å². The van der Waals surface area contributed by atoms with E-state index in [0.29, 0.717) is 11.5 Å². The third kappa shape index (κ3) is 3.84. The molecule has 10 heteroatoms. The number of nitro groups is 1. The quantitative estimate of drug-likeness (QED) is 0.374. The predicted molar refractivity (Wildman–Crippen MR) is 97.8 cm³/mol. The molecule has 0 bridgehead atoms. The molecular formula is C17H19N7O3. The van der Waals surface area contributed by atoms with Gasteiger partial charge in [0.2, 0.25) is 5.82 Å². The Morgan fingerprint density at radius 2 is 2.00 bits per heavy atom. The minimum atomic E-state index is -0.515. The number of imidazole rings is 1. The van der Waals surface area contributed by atoms with Crippen LogP contribution in [0.4, 0.5) is 5.82 Å². The van der Waals surface area contributed by atoms with Crippen LogP contribution in [-0.2, 0) is 18.5 Å². The molecule has 0 aliphatic carbocycles. The van der Waals surface area contributed by atoms with Gasteiger partial charge < -0.3 is 15.0 Å². The van der Waals surface area contributed by atoms with Crippen LogP contribution in [0.5, 0.6) is 0 Å². The second kappa shape index (κ2) is 7.36. The first-order valence-corrected chi connectivity index (χ1v) is 8.17. The van der Waals surface area contributed by atoms with Crippen LogP contribution in [0, 0.1) is 30.9 Å². The Morgan fingerprint density at radius 3 is 2.63 bits per heavy atom. The molecule has 2 aromatic heterocycles. The molecule has 0 atom stereocenters. The lowest BCUT2D eigenvalue weighted by Gasteiger charge is -2.10. The average molecular weight is 369 g/mol. The molecular weight excluding hydrogens is 350 g/mol. The van der Waals surface area contributed by atoms with Crippen LogP contribution in [0.25, 0.3) is 5.69 Å². The van der Waals surface area contributed by atoms with Crippen LogP contribution >= 0.6 is 0 Å². The standard InChI is InChI=1S/C17H19N7O3/c1-11-5-12(2)17(13(3)6-11)23-9-14(20-21-23)10-27-19-7-15-18-8-16(22(15)4)24(25)26/h5-9H,10H2,1-4H3/b19-7+. The van der Waals surface area contributed by atoms with Gasteiger partial charge in [0.15, 0.2) is 6.61 Å². The minimum Gasteiger partial charge on any atom is -0.389 e. The Balaban J connectivity index is 1.66. The first kappa shape index (κ1) is 18.2. The molecule has 3 aromatic rings. The van der Waals surface area contributed by atoms with Crippen LogP contribution in [0.15, 0.2) is 29.7 Å². The van der Waals surface area contributed by atoms with Gasteiger partial charge in [-0.1, -0.05) is 28.1 Å². The molecule has 0 radical (unpaired) electrons. The van der Waals surface area contributed by atoms with Gasteiger partial charge in [-0.2, -0.15) is 0 Å². The van der Waals surface area contributed by atoms with E-state index in [4.69, 9.17) is 4.84 Å². The minimum absolute atomic E-state index is 0.118. The lowest BCUT2D eigenvalue weighted by atomic mass is 10.1. The van der Waals surface area contributed by atoms with Crippen molar-refractivity contribution in [2.24, 2.45) is 12.2 Å². The van der Waals surface area contributed by atoms with E-state index in [1.807, 2.05) is 13.8 Å². The second-order valence-electron chi connectivity index (χ2n) is 6.20. The highest BCUT2D eigenvalue weighted by Gasteiger charge is 2.15. The molecule has 27 heavy (non-hydrogen) atoms. The van der Waals surface area contributed by atoms with E-state index in [9.17, 15) is 10.1 Å². The Kier molecular flexibility index (Phi) is 4.97.